The fraction of sp³-hybridized carbons (Fsp3) is 0.571. The van der Waals surface area contributed by atoms with Crippen molar-refractivity contribution in [2.45, 2.75) is 26.4 Å². The maximum Gasteiger partial charge on any atom is 0.339 e. The first-order valence-electron chi connectivity index (χ1n) is 6.69. The van der Waals surface area contributed by atoms with Crippen molar-refractivity contribution >= 4 is 11.8 Å². The van der Waals surface area contributed by atoms with Gasteiger partial charge in [0, 0.05) is 31.3 Å². The van der Waals surface area contributed by atoms with Crippen LogP contribution < -0.4 is 4.90 Å². The average molecular weight is 280 g/mol. The second-order valence-electron chi connectivity index (χ2n) is 5.31. The minimum absolute atomic E-state index is 0.0544. The Morgan fingerprint density at radius 2 is 2.20 bits per heavy atom. The smallest absolute Gasteiger partial charge is 0.339 e. The first-order valence-corrected chi connectivity index (χ1v) is 6.69. The number of pyridine rings is 1. The molecule has 0 amide bonds. The number of nitrogens with zero attached hydrogens (tertiary/aromatic N) is 2. The van der Waals surface area contributed by atoms with Crippen LogP contribution >= 0.6 is 0 Å². The molecule has 110 valence electrons. The van der Waals surface area contributed by atoms with Crippen molar-refractivity contribution in [3.63, 3.8) is 0 Å². The third-order valence-corrected chi connectivity index (χ3v) is 3.93. The molecule has 2 atom stereocenters. The van der Waals surface area contributed by atoms with Crippen LogP contribution in [0.25, 0.3) is 0 Å². The molecule has 20 heavy (non-hydrogen) atoms. The summed E-state index contributed by atoms with van der Waals surface area (Å²) in [7, 11) is 0. The Hall–Kier alpha value is -1.66. The highest BCUT2D eigenvalue weighted by atomic mass is 16.4. The zero-order valence-electron chi connectivity index (χ0n) is 11.7. The molecule has 1 aliphatic heterocycles. The Kier molecular flexibility index (Phi) is 4.25. The fourth-order valence-electron chi connectivity index (χ4n) is 2.48. The zero-order chi connectivity index (χ0) is 14.9. The number of carboxylic acids is 1. The van der Waals surface area contributed by atoms with E-state index in [1.165, 1.54) is 0 Å². The maximum atomic E-state index is 11.4. The van der Waals surface area contributed by atoms with E-state index in [1.54, 1.807) is 11.0 Å². The van der Waals surface area contributed by atoms with Gasteiger partial charge in [-0.2, -0.15) is 0 Å². The van der Waals surface area contributed by atoms with E-state index in [2.05, 4.69) is 4.98 Å². The Balaban J connectivity index is 2.33. The van der Waals surface area contributed by atoms with Gasteiger partial charge in [0.05, 0.1) is 6.10 Å². The van der Waals surface area contributed by atoms with E-state index in [1.807, 2.05) is 13.8 Å². The molecule has 0 spiro atoms. The summed E-state index contributed by atoms with van der Waals surface area (Å²) in [6, 6.07) is 1.62. The van der Waals surface area contributed by atoms with Gasteiger partial charge < -0.3 is 20.2 Å². The number of carboxylic acid groups (broad SMARTS) is 1. The second kappa shape index (κ2) is 5.76. The van der Waals surface area contributed by atoms with Crippen molar-refractivity contribution in [1.29, 1.82) is 0 Å². The van der Waals surface area contributed by atoms with Crippen LogP contribution in [-0.4, -0.2) is 52.1 Å². The van der Waals surface area contributed by atoms with Gasteiger partial charge in [-0.3, -0.25) is 0 Å². The lowest BCUT2D eigenvalue weighted by atomic mass is 9.94. The van der Waals surface area contributed by atoms with Gasteiger partial charge in [0.25, 0.3) is 0 Å². The highest BCUT2D eigenvalue weighted by molar-refractivity contribution is 5.93. The summed E-state index contributed by atoms with van der Waals surface area (Å²) in [6.45, 7) is 4.48. The number of rotatable bonds is 3. The third-order valence-electron chi connectivity index (χ3n) is 3.93. The molecule has 0 bridgehead atoms. The van der Waals surface area contributed by atoms with Gasteiger partial charge in [0.15, 0.2) is 0 Å². The summed E-state index contributed by atoms with van der Waals surface area (Å²) in [5, 5.41) is 28.4. The van der Waals surface area contributed by atoms with Crippen LogP contribution in [0.5, 0.6) is 0 Å². The largest absolute Gasteiger partial charge is 0.478 e. The van der Waals surface area contributed by atoms with Gasteiger partial charge >= 0.3 is 5.97 Å². The summed E-state index contributed by atoms with van der Waals surface area (Å²) >= 11 is 0. The van der Waals surface area contributed by atoms with Crippen LogP contribution in [0.1, 0.15) is 28.0 Å². The molecule has 0 radical (unpaired) electrons. The molecule has 6 nitrogen and oxygen atoms in total. The molecule has 0 saturated carbocycles. The molecule has 1 saturated heterocycles. The number of carbonyl (C=O) groups is 1. The molecule has 2 heterocycles. The molecule has 1 aromatic rings. The normalized spacial score (nSPS) is 22.9. The number of aromatic nitrogens is 1. The molecule has 1 fully saturated rings. The van der Waals surface area contributed by atoms with Gasteiger partial charge in [-0.05, 0) is 31.9 Å². The molecule has 2 rings (SSSR count). The summed E-state index contributed by atoms with van der Waals surface area (Å²) in [6.07, 6.45) is -0.0514. The van der Waals surface area contributed by atoms with E-state index in [9.17, 15) is 15.0 Å². The van der Waals surface area contributed by atoms with Crippen LogP contribution in [0, 0.1) is 19.8 Å². The average Bonchev–Trinajstić information content (AvgIpc) is 2.41. The van der Waals surface area contributed by atoms with E-state index in [0.29, 0.717) is 25.3 Å². The number of aliphatic hydroxyl groups is 2. The second-order valence-corrected chi connectivity index (χ2v) is 5.31. The first-order chi connectivity index (χ1) is 9.43. The number of anilines is 1. The highest BCUT2D eigenvalue weighted by Gasteiger charge is 2.30. The molecule has 0 aliphatic carbocycles. The summed E-state index contributed by atoms with van der Waals surface area (Å²) < 4.78 is 0. The van der Waals surface area contributed by atoms with Crippen molar-refractivity contribution in [3.8, 4) is 0 Å². The van der Waals surface area contributed by atoms with Crippen molar-refractivity contribution < 1.29 is 20.1 Å². The quantitative estimate of drug-likeness (QED) is 0.749. The SMILES string of the molecule is Cc1cc(C(=O)O)c(N2CC[C@H](CO)[C@@H](O)C2)nc1C. The number of piperidine rings is 1. The molecule has 6 heteroatoms. The van der Waals surface area contributed by atoms with Gasteiger partial charge in [0.2, 0.25) is 0 Å². The van der Waals surface area contributed by atoms with Crippen molar-refractivity contribution in [2.75, 3.05) is 24.6 Å². The van der Waals surface area contributed by atoms with Crippen molar-refractivity contribution in [1.82, 2.24) is 4.98 Å². The lowest BCUT2D eigenvalue weighted by molar-refractivity contribution is 0.0541. The molecular weight excluding hydrogens is 260 g/mol. The van der Waals surface area contributed by atoms with Crippen LogP contribution in [0.15, 0.2) is 6.07 Å². The van der Waals surface area contributed by atoms with Gasteiger partial charge in [0.1, 0.15) is 11.4 Å². The minimum Gasteiger partial charge on any atom is -0.478 e. The molecule has 1 aromatic heterocycles. The predicted octanol–water partition coefficient (Wildman–Crippen LogP) is 0.576. The Bertz CT molecular complexity index is 518. The van der Waals surface area contributed by atoms with Gasteiger partial charge in [-0.15, -0.1) is 0 Å². The number of aliphatic hydroxyl groups excluding tert-OH is 2. The minimum atomic E-state index is -1.02. The van der Waals surface area contributed by atoms with Gasteiger partial charge in [-0.1, -0.05) is 0 Å². The van der Waals surface area contributed by atoms with Crippen LogP contribution in [0.4, 0.5) is 5.82 Å². The fourth-order valence-corrected chi connectivity index (χ4v) is 2.48. The number of aryl methyl sites for hydroxylation is 2. The maximum absolute atomic E-state index is 11.4. The van der Waals surface area contributed by atoms with Crippen LogP contribution in [0.2, 0.25) is 0 Å². The molecule has 3 N–H and O–H groups in total. The van der Waals surface area contributed by atoms with Crippen LogP contribution in [0.3, 0.4) is 0 Å². The Labute approximate surface area is 117 Å². The summed E-state index contributed by atoms with van der Waals surface area (Å²) in [5.74, 6) is -0.767. The Morgan fingerprint density at radius 3 is 2.75 bits per heavy atom. The summed E-state index contributed by atoms with van der Waals surface area (Å²) in [5.41, 5.74) is 1.77. The molecule has 0 unspecified atom stereocenters. The van der Waals surface area contributed by atoms with E-state index >= 15 is 0 Å². The molecular formula is C14H20N2O4. The van der Waals surface area contributed by atoms with E-state index in [-0.39, 0.29) is 18.1 Å². The van der Waals surface area contributed by atoms with Crippen molar-refractivity contribution in [3.05, 3.63) is 22.9 Å². The Morgan fingerprint density at radius 1 is 1.50 bits per heavy atom. The number of hydrogen-bond donors (Lipinski definition) is 3. The zero-order valence-corrected chi connectivity index (χ0v) is 11.7. The van der Waals surface area contributed by atoms with E-state index in [0.717, 1.165) is 11.3 Å². The van der Waals surface area contributed by atoms with Crippen LogP contribution in [-0.2, 0) is 0 Å². The lowest BCUT2D eigenvalue weighted by Crippen LogP contribution is -2.46. The monoisotopic (exact) mass is 280 g/mol. The van der Waals surface area contributed by atoms with E-state index < -0.39 is 12.1 Å². The first kappa shape index (κ1) is 14.7. The predicted molar refractivity (Wildman–Crippen MR) is 74.1 cm³/mol. The van der Waals surface area contributed by atoms with Crippen molar-refractivity contribution in [2.24, 2.45) is 5.92 Å². The molecule has 0 aromatic carbocycles. The third kappa shape index (κ3) is 2.76. The lowest BCUT2D eigenvalue weighted by Gasteiger charge is -2.36. The summed E-state index contributed by atoms with van der Waals surface area (Å²) in [4.78, 5) is 17.5. The van der Waals surface area contributed by atoms with E-state index in [4.69, 9.17) is 5.11 Å². The topological polar surface area (TPSA) is 93.9 Å². The highest BCUT2D eigenvalue weighted by Crippen LogP contribution is 2.26. The number of aromatic carboxylic acids is 1. The standard InChI is InChI=1S/C14H20N2O4/c1-8-5-11(14(19)20)13(15-9(8)2)16-4-3-10(7-17)12(18)6-16/h5,10,12,17-18H,3-4,6-7H2,1-2H3,(H,19,20)/t10-,12+/m1/s1. The number of hydrogen-bond acceptors (Lipinski definition) is 5. The van der Waals surface area contributed by atoms with Gasteiger partial charge in [-0.25, -0.2) is 9.78 Å². The molecule has 1 aliphatic rings. The number of β-amino-alcohol motifs (C(OH)–C–C–N with tert-alkyl or cyclic N) is 1.